The summed E-state index contributed by atoms with van der Waals surface area (Å²) < 4.78 is 20.1. The lowest BCUT2D eigenvalue weighted by Gasteiger charge is -2.32. The van der Waals surface area contributed by atoms with Crippen molar-refractivity contribution in [2.24, 2.45) is 0 Å². The molecule has 5 nitrogen and oxygen atoms in total. The van der Waals surface area contributed by atoms with Crippen molar-refractivity contribution >= 4 is 22.7 Å². The van der Waals surface area contributed by atoms with Crippen molar-refractivity contribution < 1.29 is 13.6 Å². The van der Waals surface area contributed by atoms with E-state index in [0.717, 1.165) is 19.6 Å². The molecule has 4 rings (SSSR count). The molecular formula is C25H26N2O3S. The van der Waals surface area contributed by atoms with Gasteiger partial charge < -0.3 is 9.87 Å². The summed E-state index contributed by atoms with van der Waals surface area (Å²) in [4.78, 5) is 15.2. The zero-order valence-corrected chi connectivity index (χ0v) is 18.1. The van der Waals surface area contributed by atoms with Crippen molar-refractivity contribution in [3.8, 4) is 0 Å². The van der Waals surface area contributed by atoms with Crippen LogP contribution in [0, 0.1) is 0 Å². The maximum absolute atomic E-state index is 12.5. The minimum Gasteiger partial charge on any atom is -0.322 e. The average Bonchev–Trinajstić information content (AvgIpc) is 2.81. The van der Waals surface area contributed by atoms with Gasteiger partial charge in [-0.05, 0) is 79.4 Å². The van der Waals surface area contributed by atoms with Crippen LogP contribution in [0.25, 0.3) is 0 Å². The van der Waals surface area contributed by atoms with Gasteiger partial charge in [0.05, 0.1) is 4.90 Å². The fraction of sp³-hybridized carbons (Fsp3) is 0.240. The van der Waals surface area contributed by atoms with E-state index in [9.17, 15) is 9.00 Å². The van der Waals surface area contributed by atoms with E-state index >= 15 is 0 Å². The quantitative estimate of drug-likeness (QED) is 0.542. The van der Waals surface area contributed by atoms with Gasteiger partial charge in [-0.25, -0.2) is 4.21 Å². The van der Waals surface area contributed by atoms with E-state index in [-0.39, 0.29) is 5.91 Å². The number of piperidine rings is 1. The number of benzene rings is 3. The highest BCUT2D eigenvalue weighted by Crippen LogP contribution is 2.28. The first-order chi connectivity index (χ1) is 15.1. The van der Waals surface area contributed by atoms with Gasteiger partial charge in [-0.3, -0.25) is 9.69 Å². The Balaban J connectivity index is 1.29. The molecule has 0 aliphatic carbocycles. The molecule has 1 saturated heterocycles. The van der Waals surface area contributed by atoms with E-state index in [2.05, 4.69) is 40.5 Å². The Bertz CT molecular complexity index is 1030. The summed E-state index contributed by atoms with van der Waals surface area (Å²) in [5.41, 5.74) is 3.81. The van der Waals surface area contributed by atoms with Gasteiger partial charge in [0.2, 0.25) is 0 Å². The zero-order valence-electron chi connectivity index (χ0n) is 17.2. The van der Waals surface area contributed by atoms with E-state index in [4.69, 9.17) is 4.55 Å². The molecule has 1 fully saturated rings. The summed E-state index contributed by atoms with van der Waals surface area (Å²) in [5.74, 6) is 0.447. The number of nitrogens with zero attached hydrogens (tertiary/aromatic N) is 1. The number of nitrogens with one attached hydrogen (secondary N) is 1. The molecule has 6 heteroatoms. The van der Waals surface area contributed by atoms with Gasteiger partial charge in [-0.2, -0.15) is 0 Å². The molecule has 1 atom stereocenters. The van der Waals surface area contributed by atoms with Gasteiger partial charge in [0.1, 0.15) is 0 Å². The maximum Gasteiger partial charge on any atom is 0.255 e. The molecule has 0 radical (unpaired) electrons. The number of hydrogen-bond donors (Lipinski definition) is 2. The van der Waals surface area contributed by atoms with Crippen LogP contribution in [0.1, 0.15) is 40.2 Å². The molecule has 0 spiro atoms. The van der Waals surface area contributed by atoms with Gasteiger partial charge >= 0.3 is 0 Å². The van der Waals surface area contributed by atoms with Gasteiger partial charge in [-0.1, -0.05) is 42.5 Å². The van der Waals surface area contributed by atoms with E-state index < -0.39 is 11.1 Å². The van der Waals surface area contributed by atoms with Crippen LogP contribution in [0.4, 0.5) is 5.69 Å². The van der Waals surface area contributed by atoms with Crippen molar-refractivity contribution in [3.05, 3.63) is 95.6 Å². The van der Waals surface area contributed by atoms with E-state index in [1.807, 2.05) is 24.3 Å². The predicted octanol–water partition coefficient (Wildman–Crippen LogP) is 4.90. The highest BCUT2D eigenvalue weighted by molar-refractivity contribution is 7.79. The molecule has 31 heavy (non-hydrogen) atoms. The first-order valence-electron chi connectivity index (χ1n) is 10.5. The standard InChI is InChI=1S/C25H26N2O3S/c28-25(26-23-10-12-24(13-11-23)31(29)30)22-8-6-19(7-9-22)18-27-16-14-21(15-17-27)20-4-2-1-3-5-20/h1-13,21H,14-18H2,(H,26,28)(H,29,30). The van der Waals surface area contributed by atoms with E-state index in [1.54, 1.807) is 12.1 Å². The Morgan fingerprint density at radius 3 is 2.19 bits per heavy atom. The zero-order chi connectivity index (χ0) is 21.6. The molecule has 0 aromatic heterocycles. The summed E-state index contributed by atoms with van der Waals surface area (Å²) in [7, 11) is 0. The van der Waals surface area contributed by atoms with Crippen LogP contribution < -0.4 is 5.32 Å². The number of anilines is 1. The second-order valence-corrected chi connectivity index (χ2v) is 8.86. The van der Waals surface area contributed by atoms with E-state index in [0.29, 0.717) is 22.1 Å². The summed E-state index contributed by atoms with van der Waals surface area (Å²) in [6.07, 6.45) is 2.35. The Labute approximate surface area is 185 Å². The van der Waals surface area contributed by atoms with Crippen molar-refractivity contribution in [1.82, 2.24) is 4.90 Å². The van der Waals surface area contributed by atoms with Crippen LogP contribution in [-0.4, -0.2) is 32.7 Å². The van der Waals surface area contributed by atoms with Gasteiger partial charge in [0, 0.05) is 17.8 Å². The molecule has 0 bridgehead atoms. The van der Waals surface area contributed by atoms with Crippen molar-refractivity contribution in [3.63, 3.8) is 0 Å². The van der Waals surface area contributed by atoms with Crippen LogP contribution in [-0.2, 0) is 17.6 Å². The largest absolute Gasteiger partial charge is 0.322 e. The molecule has 3 aromatic rings. The first-order valence-corrected chi connectivity index (χ1v) is 11.6. The number of likely N-dealkylation sites (tertiary alicyclic amines) is 1. The minimum absolute atomic E-state index is 0.201. The number of hydrogen-bond acceptors (Lipinski definition) is 3. The van der Waals surface area contributed by atoms with Gasteiger partial charge in [-0.15, -0.1) is 0 Å². The molecule has 2 N–H and O–H groups in total. The molecule has 1 unspecified atom stereocenters. The lowest BCUT2D eigenvalue weighted by Crippen LogP contribution is -2.32. The lowest BCUT2D eigenvalue weighted by atomic mass is 9.89. The van der Waals surface area contributed by atoms with Crippen LogP contribution in [0.5, 0.6) is 0 Å². The molecule has 1 heterocycles. The molecule has 3 aromatic carbocycles. The van der Waals surface area contributed by atoms with Crippen LogP contribution in [0.2, 0.25) is 0 Å². The van der Waals surface area contributed by atoms with Crippen molar-refractivity contribution in [1.29, 1.82) is 0 Å². The third-order valence-electron chi connectivity index (χ3n) is 5.79. The average molecular weight is 435 g/mol. The Hall–Kier alpha value is -2.80. The Kier molecular flexibility index (Phi) is 6.92. The number of carbonyl (C=O) groups is 1. The number of amides is 1. The fourth-order valence-corrected chi connectivity index (χ4v) is 4.40. The molecule has 1 aliphatic heterocycles. The van der Waals surface area contributed by atoms with Crippen molar-refractivity contribution in [2.75, 3.05) is 18.4 Å². The summed E-state index contributed by atoms with van der Waals surface area (Å²) in [5, 5.41) is 2.82. The van der Waals surface area contributed by atoms with Crippen molar-refractivity contribution in [2.45, 2.75) is 30.2 Å². The molecule has 1 amide bonds. The molecular weight excluding hydrogens is 408 g/mol. The molecule has 0 saturated carbocycles. The topological polar surface area (TPSA) is 69.6 Å². The SMILES string of the molecule is O=C(Nc1ccc(S(=O)O)cc1)c1ccc(CN2CCC(c3ccccc3)CC2)cc1. The summed E-state index contributed by atoms with van der Waals surface area (Å²) >= 11 is -2.02. The second-order valence-electron chi connectivity index (χ2n) is 7.89. The number of rotatable bonds is 6. The maximum atomic E-state index is 12.5. The van der Waals surface area contributed by atoms with Crippen LogP contribution >= 0.6 is 0 Å². The van der Waals surface area contributed by atoms with E-state index in [1.165, 1.54) is 36.1 Å². The highest BCUT2D eigenvalue weighted by atomic mass is 32.2. The predicted molar refractivity (Wildman–Crippen MR) is 124 cm³/mol. The third-order valence-corrected chi connectivity index (χ3v) is 6.47. The minimum atomic E-state index is -2.02. The summed E-state index contributed by atoms with van der Waals surface area (Å²) in [6.45, 7) is 3.05. The van der Waals surface area contributed by atoms with Crippen LogP contribution in [0.3, 0.4) is 0 Å². The first kappa shape index (κ1) is 21.4. The molecule has 160 valence electrons. The second kappa shape index (κ2) is 10.0. The smallest absolute Gasteiger partial charge is 0.255 e. The monoisotopic (exact) mass is 434 g/mol. The van der Waals surface area contributed by atoms with Gasteiger partial charge in [0.25, 0.3) is 5.91 Å². The number of carbonyl (C=O) groups excluding carboxylic acids is 1. The summed E-state index contributed by atoms with van der Waals surface area (Å²) in [6, 6.07) is 24.8. The normalized spacial score (nSPS) is 16.0. The van der Waals surface area contributed by atoms with Crippen LogP contribution in [0.15, 0.2) is 83.8 Å². The lowest BCUT2D eigenvalue weighted by molar-refractivity contribution is 0.102. The third kappa shape index (κ3) is 5.67. The Morgan fingerprint density at radius 1 is 0.935 bits per heavy atom. The Morgan fingerprint density at radius 2 is 1.58 bits per heavy atom. The fourth-order valence-electron chi connectivity index (χ4n) is 4.03. The van der Waals surface area contributed by atoms with Gasteiger partial charge in [0.15, 0.2) is 11.1 Å². The molecule has 1 aliphatic rings. The highest BCUT2D eigenvalue weighted by Gasteiger charge is 2.20.